The molecule has 0 heterocycles. The SMILES string of the molecule is CCOC(=O)C(C)(C#N)c1cccc(OC)c1. The molecule has 1 atom stereocenters. The van der Waals surface area contributed by atoms with E-state index in [2.05, 4.69) is 0 Å². The van der Waals surface area contributed by atoms with Crippen LogP contribution in [-0.2, 0) is 14.9 Å². The first kappa shape index (κ1) is 13.0. The summed E-state index contributed by atoms with van der Waals surface area (Å²) in [6.07, 6.45) is 0. The van der Waals surface area contributed by atoms with Gasteiger partial charge in [0.15, 0.2) is 5.41 Å². The zero-order chi connectivity index (χ0) is 12.9. The minimum absolute atomic E-state index is 0.250. The molecular weight excluding hydrogens is 218 g/mol. The number of nitrogens with zero attached hydrogens (tertiary/aromatic N) is 1. The molecule has 4 heteroatoms. The molecule has 0 spiro atoms. The predicted molar refractivity (Wildman–Crippen MR) is 62.6 cm³/mol. The van der Waals surface area contributed by atoms with Crippen LogP contribution >= 0.6 is 0 Å². The van der Waals surface area contributed by atoms with E-state index in [1.165, 1.54) is 7.11 Å². The van der Waals surface area contributed by atoms with Gasteiger partial charge in [0.2, 0.25) is 0 Å². The van der Waals surface area contributed by atoms with Gasteiger partial charge in [0.25, 0.3) is 0 Å². The Labute approximate surface area is 101 Å². The zero-order valence-corrected chi connectivity index (χ0v) is 10.2. The van der Waals surface area contributed by atoms with Crippen molar-refractivity contribution >= 4 is 5.97 Å². The highest BCUT2D eigenvalue weighted by Gasteiger charge is 2.37. The number of benzene rings is 1. The summed E-state index contributed by atoms with van der Waals surface area (Å²) in [6, 6.07) is 8.87. The van der Waals surface area contributed by atoms with Gasteiger partial charge in [0.1, 0.15) is 5.75 Å². The van der Waals surface area contributed by atoms with Crippen molar-refractivity contribution in [3.63, 3.8) is 0 Å². The third kappa shape index (κ3) is 2.56. The van der Waals surface area contributed by atoms with Crippen LogP contribution in [0.25, 0.3) is 0 Å². The van der Waals surface area contributed by atoms with E-state index in [9.17, 15) is 10.1 Å². The molecule has 0 saturated heterocycles. The first-order chi connectivity index (χ1) is 8.08. The van der Waals surface area contributed by atoms with Gasteiger partial charge >= 0.3 is 5.97 Å². The highest BCUT2D eigenvalue weighted by atomic mass is 16.5. The second-order valence-electron chi connectivity index (χ2n) is 3.69. The fraction of sp³-hybridized carbons (Fsp3) is 0.385. The van der Waals surface area contributed by atoms with E-state index in [-0.39, 0.29) is 6.61 Å². The average molecular weight is 233 g/mol. The van der Waals surface area contributed by atoms with Crippen molar-refractivity contribution in [1.82, 2.24) is 0 Å². The molecule has 0 aliphatic rings. The molecule has 0 radical (unpaired) electrons. The van der Waals surface area contributed by atoms with Gasteiger partial charge in [-0.25, -0.2) is 4.79 Å². The van der Waals surface area contributed by atoms with Gasteiger partial charge in [-0.2, -0.15) is 5.26 Å². The highest BCUT2D eigenvalue weighted by Crippen LogP contribution is 2.27. The van der Waals surface area contributed by atoms with Crippen molar-refractivity contribution in [1.29, 1.82) is 5.26 Å². The molecule has 4 nitrogen and oxygen atoms in total. The summed E-state index contributed by atoms with van der Waals surface area (Å²) in [5, 5.41) is 9.21. The summed E-state index contributed by atoms with van der Waals surface area (Å²) >= 11 is 0. The lowest BCUT2D eigenvalue weighted by atomic mass is 9.84. The van der Waals surface area contributed by atoms with Gasteiger partial charge < -0.3 is 9.47 Å². The maximum absolute atomic E-state index is 11.8. The topological polar surface area (TPSA) is 59.3 Å². The van der Waals surface area contributed by atoms with Crippen LogP contribution in [0.15, 0.2) is 24.3 Å². The molecule has 0 bridgehead atoms. The van der Waals surface area contributed by atoms with Crippen LogP contribution in [-0.4, -0.2) is 19.7 Å². The van der Waals surface area contributed by atoms with Crippen LogP contribution in [0, 0.1) is 11.3 Å². The van der Waals surface area contributed by atoms with E-state index in [0.29, 0.717) is 11.3 Å². The van der Waals surface area contributed by atoms with E-state index in [1.807, 2.05) is 6.07 Å². The van der Waals surface area contributed by atoms with Gasteiger partial charge in [-0.1, -0.05) is 12.1 Å². The molecule has 0 N–H and O–H groups in total. The second-order valence-corrected chi connectivity index (χ2v) is 3.69. The average Bonchev–Trinajstić information content (AvgIpc) is 2.38. The Morgan fingerprint density at radius 2 is 2.24 bits per heavy atom. The van der Waals surface area contributed by atoms with Gasteiger partial charge in [0.05, 0.1) is 19.8 Å². The van der Waals surface area contributed by atoms with E-state index >= 15 is 0 Å². The number of carbonyl (C=O) groups excluding carboxylic acids is 1. The number of ether oxygens (including phenoxy) is 2. The first-order valence-electron chi connectivity index (χ1n) is 5.31. The minimum Gasteiger partial charge on any atom is -0.497 e. The highest BCUT2D eigenvalue weighted by molar-refractivity contribution is 5.86. The van der Waals surface area contributed by atoms with Crippen LogP contribution in [0.5, 0.6) is 5.75 Å². The Morgan fingerprint density at radius 3 is 2.76 bits per heavy atom. The first-order valence-corrected chi connectivity index (χ1v) is 5.31. The van der Waals surface area contributed by atoms with Crippen LogP contribution in [0.2, 0.25) is 0 Å². The van der Waals surface area contributed by atoms with Gasteiger partial charge in [-0.05, 0) is 31.5 Å². The van der Waals surface area contributed by atoms with Crippen LogP contribution in [0.1, 0.15) is 19.4 Å². The van der Waals surface area contributed by atoms with Gasteiger partial charge in [-0.3, -0.25) is 0 Å². The number of methoxy groups -OCH3 is 1. The number of rotatable bonds is 4. The quantitative estimate of drug-likeness (QED) is 0.747. The fourth-order valence-electron chi connectivity index (χ4n) is 1.44. The number of esters is 1. The van der Waals surface area contributed by atoms with Gasteiger partial charge in [-0.15, -0.1) is 0 Å². The summed E-state index contributed by atoms with van der Waals surface area (Å²) in [4.78, 5) is 11.8. The van der Waals surface area contributed by atoms with Gasteiger partial charge in [0, 0.05) is 0 Å². The van der Waals surface area contributed by atoms with Crippen molar-refractivity contribution in [2.24, 2.45) is 0 Å². The van der Waals surface area contributed by atoms with Crippen molar-refractivity contribution < 1.29 is 14.3 Å². The molecule has 1 rings (SSSR count). The molecule has 17 heavy (non-hydrogen) atoms. The largest absolute Gasteiger partial charge is 0.497 e. The predicted octanol–water partition coefficient (Wildman–Crippen LogP) is 2.04. The third-order valence-electron chi connectivity index (χ3n) is 2.55. The van der Waals surface area contributed by atoms with Crippen molar-refractivity contribution in [2.45, 2.75) is 19.3 Å². The Kier molecular flexibility index (Phi) is 4.11. The molecule has 0 fully saturated rings. The van der Waals surface area contributed by atoms with E-state index in [1.54, 1.807) is 38.1 Å². The zero-order valence-electron chi connectivity index (χ0n) is 10.2. The van der Waals surface area contributed by atoms with Crippen LogP contribution < -0.4 is 4.74 Å². The molecule has 1 aromatic carbocycles. The summed E-state index contributed by atoms with van der Waals surface area (Å²) in [7, 11) is 1.53. The maximum atomic E-state index is 11.8. The minimum atomic E-state index is -1.30. The lowest BCUT2D eigenvalue weighted by Gasteiger charge is -2.20. The molecule has 0 aromatic heterocycles. The van der Waals surface area contributed by atoms with E-state index in [4.69, 9.17) is 9.47 Å². The summed E-state index contributed by atoms with van der Waals surface area (Å²) < 4.78 is 10.00. The Balaban J connectivity index is 3.16. The number of nitriles is 1. The standard InChI is InChI=1S/C13H15NO3/c1-4-17-12(15)13(2,9-14)10-6-5-7-11(8-10)16-3/h5-8H,4H2,1-3H3. The molecule has 1 unspecified atom stereocenters. The number of hydrogen-bond donors (Lipinski definition) is 0. The summed E-state index contributed by atoms with van der Waals surface area (Å²) in [5.41, 5.74) is -0.734. The molecule has 0 aliphatic heterocycles. The molecular formula is C13H15NO3. The smallest absolute Gasteiger partial charge is 0.330 e. The monoisotopic (exact) mass is 233 g/mol. The molecule has 0 aliphatic carbocycles. The lowest BCUT2D eigenvalue weighted by Crippen LogP contribution is -2.32. The number of carbonyl (C=O) groups is 1. The molecule has 0 amide bonds. The summed E-state index contributed by atoms with van der Waals surface area (Å²) in [5.74, 6) is 0.0593. The Bertz CT molecular complexity index is 450. The number of hydrogen-bond acceptors (Lipinski definition) is 4. The normalized spacial score (nSPS) is 13.3. The molecule has 1 aromatic rings. The fourth-order valence-corrected chi connectivity index (χ4v) is 1.44. The van der Waals surface area contributed by atoms with E-state index < -0.39 is 11.4 Å². The second kappa shape index (κ2) is 5.35. The molecule has 0 saturated carbocycles. The maximum Gasteiger partial charge on any atom is 0.330 e. The van der Waals surface area contributed by atoms with Crippen LogP contribution in [0.4, 0.5) is 0 Å². The van der Waals surface area contributed by atoms with Crippen LogP contribution in [0.3, 0.4) is 0 Å². The Hall–Kier alpha value is -2.02. The summed E-state index contributed by atoms with van der Waals surface area (Å²) in [6.45, 7) is 3.50. The third-order valence-corrected chi connectivity index (χ3v) is 2.55. The van der Waals surface area contributed by atoms with Crippen molar-refractivity contribution in [2.75, 3.05) is 13.7 Å². The van der Waals surface area contributed by atoms with E-state index in [0.717, 1.165) is 0 Å². The van der Waals surface area contributed by atoms with Crippen molar-refractivity contribution in [3.8, 4) is 11.8 Å². The lowest BCUT2D eigenvalue weighted by molar-refractivity contribution is -0.147. The van der Waals surface area contributed by atoms with Crippen molar-refractivity contribution in [3.05, 3.63) is 29.8 Å². The molecule has 90 valence electrons. The Morgan fingerprint density at radius 1 is 1.53 bits per heavy atom.